The van der Waals surface area contributed by atoms with Crippen molar-refractivity contribution in [3.63, 3.8) is 0 Å². The van der Waals surface area contributed by atoms with Crippen molar-refractivity contribution in [1.29, 1.82) is 0 Å². The SMILES string of the molecule is CC(=O)O[C@@H]1CC[C@@]2(C)C(=CC(=O)[C@@H]3[C@H]4CCC[C@@]4(C)CC[C@H]32)[C@@H]1O. The smallest absolute Gasteiger partial charge is 0.303 e. The van der Waals surface area contributed by atoms with Gasteiger partial charge in [-0.25, -0.2) is 0 Å². The highest BCUT2D eigenvalue weighted by molar-refractivity contribution is 5.94. The van der Waals surface area contributed by atoms with Crippen molar-refractivity contribution in [1.82, 2.24) is 0 Å². The molecule has 0 aromatic rings. The first-order chi connectivity index (χ1) is 11.8. The van der Waals surface area contributed by atoms with Crippen LogP contribution in [0.5, 0.6) is 0 Å². The van der Waals surface area contributed by atoms with E-state index >= 15 is 0 Å². The van der Waals surface area contributed by atoms with Gasteiger partial charge < -0.3 is 9.84 Å². The van der Waals surface area contributed by atoms with Crippen molar-refractivity contribution in [3.05, 3.63) is 11.6 Å². The number of esters is 1. The number of allylic oxidation sites excluding steroid dienone is 1. The molecule has 3 fully saturated rings. The van der Waals surface area contributed by atoms with Crippen molar-refractivity contribution in [3.8, 4) is 0 Å². The molecule has 0 saturated heterocycles. The number of carbonyl (C=O) groups is 2. The van der Waals surface area contributed by atoms with Gasteiger partial charge >= 0.3 is 5.97 Å². The van der Waals surface area contributed by atoms with Gasteiger partial charge in [-0.05, 0) is 72.8 Å². The van der Waals surface area contributed by atoms with E-state index in [-0.39, 0.29) is 23.1 Å². The number of hydrogen-bond acceptors (Lipinski definition) is 4. The molecule has 4 aliphatic carbocycles. The molecule has 0 aromatic carbocycles. The van der Waals surface area contributed by atoms with Gasteiger partial charge in [0.1, 0.15) is 12.2 Å². The van der Waals surface area contributed by atoms with Gasteiger partial charge in [-0.2, -0.15) is 0 Å². The predicted molar refractivity (Wildman–Crippen MR) is 93.7 cm³/mol. The summed E-state index contributed by atoms with van der Waals surface area (Å²) in [7, 11) is 0. The average molecular weight is 346 g/mol. The van der Waals surface area contributed by atoms with Gasteiger partial charge in [0.25, 0.3) is 0 Å². The minimum absolute atomic E-state index is 0.118. The molecule has 0 unspecified atom stereocenters. The largest absolute Gasteiger partial charge is 0.459 e. The van der Waals surface area contributed by atoms with E-state index in [0.29, 0.717) is 23.7 Å². The van der Waals surface area contributed by atoms with Crippen LogP contribution in [0.3, 0.4) is 0 Å². The second kappa shape index (κ2) is 5.67. The Bertz CT molecular complexity index is 638. The molecular weight excluding hydrogens is 316 g/mol. The Kier molecular flexibility index (Phi) is 3.91. The lowest BCUT2D eigenvalue weighted by atomic mass is 9.47. The molecule has 4 rings (SSSR count). The first kappa shape index (κ1) is 17.3. The molecule has 25 heavy (non-hydrogen) atoms. The first-order valence-electron chi connectivity index (χ1n) is 9.87. The zero-order valence-corrected chi connectivity index (χ0v) is 15.6. The van der Waals surface area contributed by atoms with Gasteiger partial charge in [-0.1, -0.05) is 20.3 Å². The highest BCUT2D eigenvalue weighted by Gasteiger charge is 2.60. The maximum absolute atomic E-state index is 13.1. The Labute approximate surface area is 150 Å². The topological polar surface area (TPSA) is 63.6 Å². The molecule has 138 valence electrons. The maximum atomic E-state index is 13.1. The fourth-order valence-electron chi connectivity index (χ4n) is 6.76. The Hall–Kier alpha value is -1.16. The number of ether oxygens (including phenoxy) is 1. The van der Waals surface area contributed by atoms with Crippen LogP contribution < -0.4 is 0 Å². The van der Waals surface area contributed by atoms with E-state index in [9.17, 15) is 14.7 Å². The summed E-state index contributed by atoms with van der Waals surface area (Å²) in [6, 6.07) is 0. The summed E-state index contributed by atoms with van der Waals surface area (Å²) in [6.07, 6.45) is 7.85. The number of carbonyl (C=O) groups excluding carboxylic acids is 2. The molecule has 4 aliphatic rings. The summed E-state index contributed by atoms with van der Waals surface area (Å²) < 4.78 is 5.31. The molecule has 1 N–H and O–H groups in total. The molecule has 0 amide bonds. The third kappa shape index (κ3) is 2.43. The lowest BCUT2D eigenvalue weighted by Crippen LogP contribution is -2.56. The van der Waals surface area contributed by atoms with Crippen molar-refractivity contribution >= 4 is 11.8 Å². The van der Waals surface area contributed by atoms with Crippen LogP contribution >= 0.6 is 0 Å². The quantitative estimate of drug-likeness (QED) is 0.739. The highest BCUT2D eigenvalue weighted by Crippen LogP contribution is 2.64. The van der Waals surface area contributed by atoms with Crippen LogP contribution in [0.4, 0.5) is 0 Å². The van der Waals surface area contributed by atoms with Crippen LogP contribution in [0, 0.1) is 28.6 Å². The van der Waals surface area contributed by atoms with Crippen LogP contribution in [0.1, 0.15) is 65.7 Å². The standard InChI is InChI=1S/C21H30O4/c1-12(22)25-17-7-10-21(3)14-6-9-20(2)8-4-5-13(20)18(14)16(23)11-15(21)19(17)24/h11,13-14,17-19,24H,4-10H2,1-3H3/t13-,14-,17-,18-,19+,20+,21-/m1/s1. The van der Waals surface area contributed by atoms with E-state index in [1.807, 2.05) is 0 Å². The van der Waals surface area contributed by atoms with Crippen LogP contribution in [0.2, 0.25) is 0 Å². The fraction of sp³-hybridized carbons (Fsp3) is 0.810. The van der Waals surface area contributed by atoms with E-state index in [1.54, 1.807) is 6.08 Å². The maximum Gasteiger partial charge on any atom is 0.303 e. The van der Waals surface area contributed by atoms with E-state index in [1.165, 1.54) is 32.6 Å². The van der Waals surface area contributed by atoms with Crippen molar-refractivity contribution < 1.29 is 19.4 Å². The van der Waals surface area contributed by atoms with E-state index in [4.69, 9.17) is 4.74 Å². The molecule has 4 heteroatoms. The normalized spacial score (nSPS) is 48.9. The molecule has 7 atom stereocenters. The van der Waals surface area contributed by atoms with Crippen molar-refractivity contribution in [2.24, 2.45) is 28.6 Å². The summed E-state index contributed by atoms with van der Waals surface area (Å²) in [5.41, 5.74) is 1.00. The second-order valence-corrected chi connectivity index (χ2v) is 9.37. The van der Waals surface area contributed by atoms with E-state index in [2.05, 4.69) is 13.8 Å². The number of hydrogen-bond donors (Lipinski definition) is 1. The van der Waals surface area contributed by atoms with Gasteiger partial charge in [0.2, 0.25) is 0 Å². The summed E-state index contributed by atoms with van der Waals surface area (Å²) >= 11 is 0. The van der Waals surface area contributed by atoms with Crippen molar-refractivity contribution in [2.45, 2.75) is 77.9 Å². The van der Waals surface area contributed by atoms with E-state index < -0.39 is 12.2 Å². The molecule has 0 aliphatic heterocycles. The predicted octanol–water partition coefficient (Wildman–Crippen LogP) is 3.42. The van der Waals surface area contributed by atoms with Gasteiger partial charge in [0.05, 0.1) is 0 Å². The summed E-state index contributed by atoms with van der Waals surface area (Å²) in [5.74, 6) is 0.777. The molecule has 0 aromatic heterocycles. The Balaban J connectivity index is 1.70. The molecule has 0 heterocycles. The monoisotopic (exact) mass is 346 g/mol. The minimum atomic E-state index is -0.843. The lowest BCUT2D eigenvalue weighted by molar-refractivity contribution is -0.157. The number of aliphatic hydroxyl groups excluding tert-OH is 1. The molecule has 4 nitrogen and oxygen atoms in total. The van der Waals surface area contributed by atoms with Crippen LogP contribution in [0.15, 0.2) is 11.6 Å². The summed E-state index contributed by atoms with van der Waals surface area (Å²) in [4.78, 5) is 24.4. The Morgan fingerprint density at radius 1 is 1.16 bits per heavy atom. The minimum Gasteiger partial charge on any atom is -0.459 e. The fourth-order valence-corrected chi connectivity index (χ4v) is 6.76. The summed E-state index contributed by atoms with van der Waals surface area (Å²) in [5, 5.41) is 10.8. The van der Waals surface area contributed by atoms with Crippen LogP contribution in [-0.2, 0) is 14.3 Å². The molecule has 3 saturated carbocycles. The third-order valence-corrected chi connectivity index (χ3v) is 8.09. The Morgan fingerprint density at radius 2 is 1.92 bits per heavy atom. The summed E-state index contributed by atoms with van der Waals surface area (Å²) in [6.45, 7) is 5.98. The third-order valence-electron chi connectivity index (χ3n) is 8.09. The number of aliphatic hydroxyl groups is 1. The first-order valence-corrected chi connectivity index (χ1v) is 9.87. The lowest BCUT2D eigenvalue weighted by Gasteiger charge is -2.57. The Morgan fingerprint density at radius 3 is 2.64 bits per heavy atom. The van der Waals surface area contributed by atoms with Crippen LogP contribution in [-0.4, -0.2) is 29.1 Å². The van der Waals surface area contributed by atoms with Gasteiger partial charge in [0, 0.05) is 12.8 Å². The van der Waals surface area contributed by atoms with Gasteiger partial charge in [0.15, 0.2) is 5.78 Å². The average Bonchev–Trinajstić information content (AvgIpc) is 2.94. The van der Waals surface area contributed by atoms with Crippen molar-refractivity contribution in [2.75, 3.05) is 0 Å². The zero-order valence-electron chi connectivity index (χ0n) is 15.6. The number of rotatable bonds is 1. The van der Waals surface area contributed by atoms with E-state index in [0.717, 1.165) is 18.4 Å². The highest BCUT2D eigenvalue weighted by atomic mass is 16.6. The second-order valence-electron chi connectivity index (χ2n) is 9.37. The number of ketones is 1. The molecule has 0 radical (unpaired) electrons. The molecule has 0 spiro atoms. The molecule has 0 bridgehead atoms. The number of fused-ring (bicyclic) bond motifs is 5. The van der Waals surface area contributed by atoms with Crippen LogP contribution in [0.25, 0.3) is 0 Å². The molecular formula is C21H30O4. The van der Waals surface area contributed by atoms with Gasteiger partial charge in [-0.15, -0.1) is 0 Å². The van der Waals surface area contributed by atoms with Gasteiger partial charge in [-0.3, -0.25) is 9.59 Å². The zero-order chi connectivity index (χ0) is 18.0.